The maximum Gasteiger partial charge on any atom is 0.317 e. The van der Waals surface area contributed by atoms with Gasteiger partial charge in [-0.15, -0.1) is 0 Å². The fourth-order valence-electron chi connectivity index (χ4n) is 3.11. The van der Waals surface area contributed by atoms with Crippen LogP contribution < -0.4 is 5.32 Å². The second-order valence-corrected chi connectivity index (χ2v) is 6.69. The molecule has 5 nitrogen and oxygen atoms in total. The van der Waals surface area contributed by atoms with Crippen molar-refractivity contribution in [2.45, 2.75) is 45.6 Å². The third-order valence-corrected chi connectivity index (χ3v) is 4.37. The molecule has 0 aromatic heterocycles. The van der Waals surface area contributed by atoms with Crippen molar-refractivity contribution in [2.75, 3.05) is 45.9 Å². The molecule has 2 heterocycles. The number of amides is 2. The molecular weight excluding hydrogens is 266 g/mol. The Bertz CT molecular complexity index is 317. The van der Waals surface area contributed by atoms with E-state index < -0.39 is 0 Å². The molecule has 0 bridgehead atoms. The average Bonchev–Trinajstić information content (AvgIpc) is 2.71. The Morgan fingerprint density at radius 3 is 2.67 bits per heavy atom. The molecule has 0 aromatic rings. The van der Waals surface area contributed by atoms with Gasteiger partial charge in [-0.1, -0.05) is 26.7 Å². The van der Waals surface area contributed by atoms with E-state index in [2.05, 4.69) is 29.0 Å². The number of nitrogens with one attached hydrogen (secondary N) is 1. The van der Waals surface area contributed by atoms with Crippen LogP contribution in [0.5, 0.6) is 0 Å². The molecule has 0 spiro atoms. The van der Waals surface area contributed by atoms with Crippen molar-refractivity contribution in [2.24, 2.45) is 5.92 Å². The Morgan fingerprint density at radius 1 is 1.19 bits per heavy atom. The van der Waals surface area contributed by atoms with Crippen LogP contribution in [0.15, 0.2) is 0 Å². The topological polar surface area (TPSA) is 44.8 Å². The van der Waals surface area contributed by atoms with Crippen molar-refractivity contribution in [3.8, 4) is 0 Å². The SMILES string of the molecule is CC(C)CNC(=O)N1CCCCCC1CN1CCOCC1. The maximum atomic E-state index is 12.5. The van der Waals surface area contributed by atoms with Crippen LogP contribution in [0.2, 0.25) is 0 Å². The summed E-state index contributed by atoms with van der Waals surface area (Å²) in [6, 6.07) is 0.488. The van der Waals surface area contributed by atoms with Crippen LogP contribution in [0.3, 0.4) is 0 Å². The van der Waals surface area contributed by atoms with Crippen LogP contribution in [0.25, 0.3) is 0 Å². The van der Waals surface area contributed by atoms with E-state index in [9.17, 15) is 4.79 Å². The van der Waals surface area contributed by atoms with Crippen molar-refractivity contribution in [3.63, 3.8) is 0 Å². The highest BCUT2D eigenvalue weighted by molar-refractivity contribution is 5.74. The zero-order valence-corrected chi connectivity index (χ0v) is 13.6. The third kappa shape index (κ3) is 5.47. The molecule has 1 N–H and O–H groups in total. The number of rotatable bonds is 4. The quantitative estimate of drug-likeness (QED) is 0.862. The summed E-state index contributed by atoms with van der Waals surface area (Å²) in [5, 5.41) is 3.09. The normalized spacial score (nSPS) is 24.9. The number of nitrogens with zero attached hydrogens (tertiary/aromatic N) is 2. The molecule has 21 heavy (non-hydrogen) atoms. The summed E-state index contributed by atoms with van der Waals surface area (Å²) < 4.78 is 5.42. The lowest BCUT2D eigenvalue weighted by atomic mass is 10.1. The van der Waals surface area contributed by atoms with E-state index in [0.717, 1.165) is 58.8 Å². The van der Waals surface area contributed by atoms with E-state index in [-0.39, 0.29) is 6.03 Å². The molecule has 0 aliphatic carbocycles. The minimum Gasteiger partial charge on any atom is -0.379 e. The summed E-state index contributed by atoms with van der Waals surface area (Å²) in [7, 11) is 0. The molecule has 1 atom stereocenters. The first-order chi connectivity index (χ1) is 10.2. The Balaban J connectivity index is 1.91. The number of carbonyl (C=O) groups excluding carboxylic acids is 1. The Morgan fingerprint density at radius 2 is 1.95 bits per heavy atom. The van der Waals surface area contributed by atoms with Gasteiger partial charge in [-0.25, -0.2) is 4.79 Å². The zero-order chi connectivity index (χ0) is 15.1. The summed E-state index contributed by atoms with van der Waals surface area (Å²) in [5.74, 6) is 0.499. The highest BCUT2D eigenvalue weighted by Gasteiger charge is 2.27. The minimum absolute atomic E-state index is 0.129. The fraction of sp³-hybridized carbons (Fsp3) is 0.938. The molecular formula is C16H31N3O2. The van der Waals surface area contributed by atoms with Crippen molar-refractivity contribution in [3.05, 3.63) is 0 Å². The van der Waals surface area contributed by atoms with Gasteiger partial charge >= 0.3 is 6.03 Å². The van der Waals surface area contributed by atoms with E-state index in [0.29, 0.717) is 12.0 Å². The first-order valence-corrected chi connectivity index (χ1v) is 8.51. The fourth-order valence-corrected chi connectivity index (χ4v) is 3.11. The van der Waals surface area contributed by atoms with Gasteiger partial charge in [-0.2, -0.15) is 0 Å². The van der Waals surface area contributed by atoms with Gasteiger partial charge in [0.1, 0.15) is 0 Å². The van der Waals surface area contributed by atoms with Crippen molar-refractivity contribution in [1.29, 1.82) is 0 Å². The van der Waals surface area contributed by atoms with E-state index in [1.165, 1.54) is 12.8 Å². The van der Waals surface area contributed by atoms with E-state index >= 15 is 0 Å². The first-order valence-electron chi connectivity index (χ1n) is 8.51. The Labute approximate surface area is 129 Å². The molecule has 2 fully saturated rings. The second kappa shape index (κ2) is 8.59. The highest BCUT2D eigenvalue weighted by atomic mass is 16.5. The summed E-state index contributed by atoms with van der Waals surface area (Å²) in [4.78, 5) is 17.0. The summed E-state index contributed by atoms with van der Waals surface area (Å²) in [6.07, 6.45) is 4.75. The number of likely N-dealkylation sites (tertiary alicyclic amines) is 1. The van der Waals surface area contributed by atoms with Gasteiger partial charge in [0.25, 0.3) is 0 Å². The molecule has 2 amide bonds. The summed E-state index contributed by atoms with van der Waals surface area (Å²) >= 11 is 0. The molecule has 2 aliphatic heterocycles. The molecule has 2 saturated heterocycles. The number of hydrogen-bond donors (Lipinski definition) is 1. The lowest BCUT2D eigenvalue weighted by Gasteiger charge is -2.36. The van der Waals surface area contributed by atoms with E-state index in [4.69, 9.17) is 4.74 Å². The molecule has 122 valence electrons. The number of morpholine rings is 1. The lowest BCUT2D eigenvalue weighted by Crippen LogP contribution is -2.52. The van der Waals surface area contributed by atoms with Gasteiger partial charge in [-0.05, 0) is 18.8 Å². The first kappa shape index (κ1) is 16.6. The lowest BCUT2D eigenvalue weighted by molar-refractivity contribution is 0.0260. The van der Waals surface area contributed by atoms with Gasteiger partial charge in [-0.3, -0.25) is 4.90 Å². The van der Waals surface area contributed by atoms with Crippen LogP contribution in [0.1, 0.15) is 39.5 Å². The van der Waals surface area contributed by atoms with Crippen LogP contribution in [0.4, 0.5) is 4.79 Å². The van der Waals surface area contributed by atoms with Gasteiger partial charge in [0, 0.05) is 38.8 Å². The molecule has 0 radical (unpaired) electrons. The molecule has 2 rings (SSSR count). The Kier molecular flexibility index (Phi) is 6.77. The van der Waals surface area contributed by atoms with Crippen molar-refractivity contribution < 1.29 is 9.53 Å². The second-order valence-electron chi connectivity index (χ2n) is 6.69. The van der Waals surface area contributed by atoms with Crippen LogP contribution in [-0.2, 0) is 4.74 Å². The van der Waals surface area contributed by atoms with Crippen LogP contribution in [0, 0.1) is 5.92 Å². The average molecular weight is 297 g/mol. The minimum atomic E-state index is 0.129. The standard InChI is InChI=1S/C16H31N3O2/c1-14(2)12-17-16(20)19-7-5-3-4-6-15(19)13-18-8-10-21-11-9-18/h14-15H,3-13H2,1-2H3,(H,17,20). The summed E-state index contributed by atoms with van der Waals surface area (Å²) in [6.45, 7) is 10.6. The smallest absolute Gasteiger partial charge is 0.317 e. The Hall–Kier alpha value is -0.810. The third-order valence-electron chi connectivity index (χ3n) is 4.37. The van der Waals surface area contributed by atoms with E-state index in [1.807, 2.05) is 0 Å². The number of urea groups is 1. The van der Waals surface area contributed by atoms with Crippen LogP contribution in [-0.4, -0.2) is 67.8 Å². The molecule has 2 aliphatic rings. The number of hydrogen-bond acceptors (Lipinski definition) is 3. The summed E-state index contributed by atoms with van der Waals surface area (Å²) in [5.41, 5.74) is 0. The zero-order valence-electron chi connectivity index (χ0n) is 13.6. The number of ether oxygens (including phenoxy) is 1. The predicted molar refractivity (Wildman–Crippen MR) is 84.5 cm³/mol. The van der Waals surface area contributed by atoms with Crippen molar-refractivity contribution >= 4 is 6.03 Å². The molecule has 0 saturated carbocycles. The monoisotopic (exact) mass is 297 g/mol. The number of carbonyl (C=O) groups is 1. The van der Waals surface area contributed by atoms with Gasteiger partial charge in [0.2, 0.25) is 0 Å². The van der Waals surface area contributed by atoms with Gasteiger partial charge < -0.3 is 15.0 Å². The largest absolute Gasteiger partial charge is 0.379 e. The maximum absolute atomic E-state index is 12.5. The van der Waals surface area contributed by atoms with Crippen LogP contribution >= 0.6 is 0 Å². The predicted octanol–water partition coefficient (Wildman–Crippen LogP) is 1.93. The van der Waals surface area contributed by atoms with Gasteiger partial charge in [0.15, 0.2) is 0 Å². The van der Waals surface area contributed by atoms with E-state index in [1.54, 1.807) is 0 Å². The van der Waals surface area contributed by atoms with Crippen molar-refractivity contribution in [1.82, 2.24) is 15.1 Å². The molecule has 0 aromatic carbocycles. The molecule has 1 unspecified atom stereocenters. The molecule has 5 heteroatoms. The highest BCUT2D eigenvalue weighted by Crippen LogP contribution is 2.18. The van der Waals surface area contributed by atoms with Gasteiger partial charge in [0.05, 0.1) is 13.2 Å².